The van der Waals surface area contributed by atoms with Crippen molar-refractivity contribution in [3.05, 3.63) is 72.6 Å². The Balaban J connectivity index is 1.15. The van der Waals surface area contributed by atoms with Gasteiger partial charge in [-0.25, -0.2) is 0 Å². The summed E-state index contributed by atoms with van der Waals surface area (Å²) in [6.07, 6.45) is -4.01. The minimum absolute atomic E-state index is 0.0770. The molecule has 47 heavy (non-hydrogen) atoms. The Bertz CT molecular complexity index is 1860. The lowest BCUT2D eigenvalue weighted by atomic mass is 9.68. The molecule has 0 spiro atoms. The van der Waals surface area contributed by atoms with Gasteiger partial charge < -0.3 is 19.4 Å². The monoisotopic (exact) mass is 749 g/mol. The second-order valence-electron chi connectivity index (χ2n) is 12.5. The van der Waals surface area contributed by atoms with Crippen molar-refractivity contribution in [2.24, 2.45) is 29.6 Å². The first-order chi connectivity index (χ1) is 22.5. The molecule has 246 valence electrons. The molecule has 0 radical (unpaired) electrons. The number of nitrogens with zero attached hydrogens (tertiary/aromatic N) is 2. The zero-order chi connectivity index (χ0) is 32.8. The van der Waals surface area contributed by atoms with Crippen molar-refractivity contribution in [2.45, 2.75) is 28.8 Å². The van der Waals surface area contributed by atoms with Crippen LogP contribution in [0.25, 0.3) is 0 Å². The Morgan fingerprint density at radius 2 is 1.79 bits per heavy atom. The van der Waals surface area contributed by atoms with Gasteiger partial charge in [-0.2, -0.15) is 13.2 Å². The fourth-order valence-corrected chi connectivity index (χ4v) is 11.6. The van der Waals surface area contributed by atoms with Gasteiger partial charge >= 0.3 is 11.0 Å². The van der Waals surface area contributed by atoms with Crippen LogP contribution >= 0.6 is 39.0 Å². The average molecular weight is 751 g/mol. The van der Waals surface area contributed by atoms with Crippen LogP contribution in [-0.2, 0) is 25.3 Å². The lowest BCUT2D eigenvalue weighted by molar-refractivity contribution is -0.138. The zero-order valence-electron chi connectivity index (χ0n) is 24.5. The number of hydrogen-bond donors (Lipinski definition) is 1. The molecule has 15 heteroatoms. The molecule has 2 aromatic carbocycles. The number of halogens is 4. The largest absolute Gasteiger partial charge is 0.483 e. The summed E-state index contributed by atoms with van der Waals surface area (Å²) in [7, 11) is 0. The van der Waals surface area contributed by atoms with E-state index in [1.807, 2.05) is 12.1 Å². The number of benzene rings is 2. The van der Waals surface area contributed by atoms with Crippen LogP contribution in [-0.4, -0.2) is 65.8 Å². The van der Waals surface area contributed by atoms with Crippen molar-refractivity contribution < 1.29 is 37.0 Å². The van der Waals surface area contributed by atoms with Gasteiger partial charge in [0.05, 0.1) is 41.3 Å². The summed E-state index contributed by atoms with van der Waals surface area (Å²) < 4.78 is 52.9. The number of ether oxygens (including phenoxy) is 2. The first kappa shape index (κ1) is 31.1. The second kappa shape index (κ2) is 11.5. The molecule has 7 atom stereocenters. The summed E-state index contributed by atoms with van der Waals surface area (Å²) in [5.41, 5.74) is -0.244. The smallest absolute Gasteiger partial charge is 0.416 e. The van der Waals surface area contributed by atoms with E-state index in [0.29, 0.717) is 43.5 Å². The summed E-state index contributed by atoms with van der Waals surface area (Å²) >= 11 is 6.19. The summed E-state index contributed by atoms with van der Waals surface area (Å²) in [5, 5.41) is 0.571. The molecule has 4 fully saturated rings. The molecule has 9 nitrogen and oxygen atoms in total. The summed E-state index contributed by atoms with van der Waals surface area (Å²) in [6.45, 7) is 1.70. The minimum Gasteiger partial charge on any atom is -0.483 e. The molecule has 8 rings (SSSR count). The highest BCUT2D eigenvalue weighted by Crippen LogP contribution is 2.69. The molecule has 2 saturated heterocycles. The molecular formula is C32H27BrF3N3O6S2. The van der Waals surface area contributed by atoms with Gasteiger partial charge in [-0.3, -0.25) is 24.1 Å². The van der Waals surface area contributed by atoms with Crippen LogP contribution in [0.3, 0.4) is 0 Å². The van der Waals surface area contributed by atoms with E-state index >= 15 is 0 Å². The average Bonchev–Trinajstić information content (AvgIpc) is 3.79. The van der Waals surface area contributed by atoms with E-state index in [0.717, 1.165) is 43.3 Å². The van der Waals surface area contributed by atoms with Gasteiger partial charge in [-0.05, 0) is 60.6 Å². The molecule has 6 unspecified atom stereocenters. The number of aromatic nitrogens is 1. The van der Waals surface area contributed by atoms with Gasteiger partial charge in [-0.1, -0.05) is 33.3 Å². The van der Waals surface area contributed by atoms with Crippen molar-refractivity contribution in [3.8, 4) is 5.75 Å². The van der Waals surface area contributed by atoms with Crippen LogP contribution in [0.15, 0.2) is 56.8 Å². The maximum absolute atomic E-state index is 14.0. The predicted octanol–water partition coefficient (Wildman–Crippen LogP) is 5.13. The minimum atomic E-state index is -4.62. The molecule has 3 amide bonds. The number of hydrogen-bond acceptors (Lipinski definition) is 8. The number of H-pyrrole nitrogens is 1. The van der Waals surface area contributed by atoms with Crippen LogP contribution in [0.1, 0.15) is 28.3 Å². The van der Waals surface area contributed by atoms with Crippen molar-refractivity contribution in [2.75, 3.05) is 37.8 Å². The number of morpholine rings is 1. The molecule has 1 N–H and O–H groups in total. The fraction of sp³-hybridized carbons (Fsp3) is 0.438. The maximum atomic E-state index is 14.0. The molecule has 3 aliphatic heterocycles. The topological polar surface area (TPSA) is 109 Å². The molecule has 5 aliphatic rings. The second-order valence-corrected chi connectivity index (χ2v) is 15.6. The summed E-state index contributed by atoms with van der Waals surface area (Å²) in [4.78, 5) is 59.8. The number of alkyl halides is 3. The standard InChI is InChI=1S/C32H27BrF3N3O6S2/c33-15-4-5-20(45-13-21(40)38-6-8-44-9-7-38)17(11-15)22-23-18-12-19(26(23)46-28-27(22)47-31(43)37-28)25-24(18)29(41)39(30(25)42)16-3-1-2-14(10-16)32(34,35)36/h1-5,10-11,18-19,22-26H,6-9,12-13H2,(H,37,43)/t18?,19?,22-,23?,24?,25?,26?/m1/s1. The van der Waals surface area contributed by atoms with Crippen molar-refractivity contribution in [1.82, 2.24) is 9.88 Å². The summed E-state index contributed by atoms with van der Waals surface area (Å²) in [5.74, 6) is -3.02. The van der Waals surface area contributed by atoms with E-state index in [1.54, 1.807) is 11.0 Å². The van der Waals surface area contributed by atoms with Gasteiger partial charge in [0.1, 0.15) is 5.75 Å². The SMILES string of the molecule is O=C(COc1ccc(Br)cc1[C@H]1c2sc(=O)[nH]c2SC2C3CC(C4C(=O)N(c5cccc(C(F)(F)F)c5)C(=O)C34)C21)N1CCOCC1. The van der Waals surface area contributed by atoms with E-state index in [4.69, 9.17) is 9.47 Å². The van der Waals surface area contributed by atoms with Crippen molar-refractivity contribution >= 4 is 62.4 Å². The first-order valence-electron chi connectivity index (χ1n) is 15.2. The van der Waals surface area contributed by atoms with Gasteiger partial charge in [-0.15, -0.1) is 11.8 Å². The Labute approximate surface area is 282 Å². The number of thiazole rings is 1. The zero-order valence-corrected chi connectivity index (χ0v) is 27.7. The fourth-order valence-electron chi connectivity index (χ4n) is 8.38. The van der Waals surface area contributed by atoms with Gasteiger partial charge in [0.15, 0.2) is 6.61 Å². The van der Waals surface area contributed by atoms with Crippen LogP contribution in [0, 0.1) is 29.6 Å². The van der Waals surface area contributed by atoms with Crippen LogP contribution in [0.5, 0.6) is 5.75 Å². The van der Waals surface area contributed by atoms with E-state index in [9.17, 15) is 32.3 Å². The molecule has 2 saturated carbocycles. The predicted molar refractivity (Wildman–Crippen MR) is 169 cm³/mol. The molecule has 2 bridgehead atoms. The number of amides is 3. The Kier molecular flexibility index (Phi) is 7.61. The number of carbonyl (C=O) groups excluding carboxylic acids is 3. The van der Waals surface area contributed by atoms with Crippen molar-refractivity contribution in [1.29, 1.82) is 0 Å². The normalized spacial score (nSPS) is 29.6. The van der Waals surface area contributed by atoms with Crippen LogP contribution < -0.4 is 14.5 Å². The highest BCUT2D eigenvalue weighted by atomic mass is 79.9. The highest BCUT2D eigenvalue weighted by molar-refractivity contribution is 9.10. The molecule has 2 aliphatic carbocycles. The molecule has 1 aromatic heterocycles. The Morgan fingerprint density at radius 1 is 1.04 bits per heavy atom. The number of aromatic amines is 1. The van der Waals surface area contributed by atoms with E-state index < -0.39 is 35.4 Å². The number of anilines is 1. The number of thioether (sulfide) groups is 1. The molecule has 3 aromatic rings. The third kappa shape index (κ3) is 5.06. The van der Waals surface area contributed by atoms with Crippen molar-refractivity contribution in [3.63, 3.8) is 0 Å². The van der Waals surface area contributed by atoms with E-state index in [1.165, 1.54) is 23.9 Å². The molecular weight excluding hydrogens is 723 g/mol. The third-order valence-corrected chi connectivity index (χ3v) is 13.3. The Morgan fingerprint density at radius 3 is 2.53 bits per heavy atom. The van der Waals surface area contributed by atoms with E-state index in [2.05, 4.69) is 20.9 Å². The van der Waals surface area contributed by atoms with Crippen LogP contribution in [0.4, 0.5) is 18.9 Å². The molecule has 4 heterocycles. The van der Waals surface area contributed by atoms with Gasteiger partial charge in [0.25, 0.3) is 5.91 Å². The number of carbonyl (C=O) groups is 3. The number of rotatable bonds is 5. The number of nitrogens with one attached hydrogen (secondary N) is 1. The maximum Gasteiger partial charge on any atom is 0.416 e. The summed E-state index contributed by atoms with van der Waals surface area (Å²) in [6, 6.07) is 9.86. The van der Waals surface area contributed by atoms with E-state index in [-0.39, 0.29) is 52.0 Å². The lowest BCUT2D eigenvalue weighted by Crippen LogP contribution is -2.43. The van der Waals surface area contributed by atoms with Gasteiger partial charge in [0, 0.05) is 39.2 Å². The number of fused-ring (bicyclic) bond motifs is 9. The third-order valence-electron chi connectivity index (χ3n) is 10.2. The van der Waals surface area contributed by atoms with Crippen LogP contribution in [0.2, 0.25) is 0 Å². The highest BCUT2D eigenvalue weighted by Gasteiger charge is 2.70. The quantitative estimate of drug-likeness (QED) is 0.361. The number of imide groups is 1. The Hall–Kier alpha value is -3.14. The van der Waals surface area contributed by atoms with Gasteiger partial charge in [0.2, 0.25) is 11.8 Å². The lowest BCUT2D eigenvalue weighted by Gasteiger charge is -2.43. The first-order valence-corrected chi connectivity index (χ1v) is 17.7.